The van der Waals surface area contributed by atoms with Gasteiger partial charge in [-0.3, -0.25) is 0 Å². The van der Waals surface area contributed by atoms with E-state index >= 15 is 0 Å². The Balaban J connectivity index is 2.80. The van der Waals surface area contributed by atoms with E-state index in [1.807, 2.05) is 12.1 Å². The lowest BCUT2D eigenvalue weighted by molar-refractivity contribution is 0.0653. The standard InChI is InChI=1S/C15H23Cl2NO/c1-4-8-18-14(15(5-2)19-3)9-11-6-7-12(16)10-13(11)17/h6-7,10,14-15,18H,4-5,8-9H2,1-3H3. The molecule has 0 aliphatic rings. The molecule has 2 unspecified atom stereocenters. The summed E-state index contributed by atoms with van der Waals surface area (Å²) in [4.78, 5) is 0. The SMILES string of the molecule is CCCNC(Cc1ccc(Cl)cc1Cl)C(CC)OC. The zero-order chi connectivity index (χ0) is 14.3. The molecule has 0 bridgehead atoms. The molecule has 0 radical (unpaired) electrons. The first-order valence-corrected chi connectivity index (χ1v) is 7.58. The highest BCUT2D eigenvalue weighted by Gasteiger charge is 2.20. The highest BCUT2D eigenvalue weighted by Crippen LogP contribution is 2.23. The molecule has 0 aliphatic heterocycles. The van der Waals surface area contributed by atoms with Crippen molar-refractivity contribution in [1.82, 2.24) is 5.32 Å². The predicted molar refractivity (Wildman–Crippen MR) is 83.3 cm³/mol. The highest BCUT2D eigenvalue weighted by atomic mass is 35.5. The molecule has 0 heterocycles. The maximum atomic E-state index is 6.25. The van der Waals surface area contributed by atoms with Crippen molar-refractivity contribution < 1.29 is 4.74 Å². The molecule has 0 spiro atoms. The van der Waals surface area contributed by atoms with Gasteiger partial charge in [-0.2, -0.15) is 0 Å². The third kappa shape index (κ3) is 5.31. The largest absolute Gasteiger partial charge is 0.380 e. The highest BCUT2D eigenvalue weighted by molar-refractivity contribution is 6.35. The number of nitrogens with one attached hydrogen (secondary N) is 1. The smallest absolute Gasteiger partial charge is 0.0724 e. The van der Waals surface area contributed by atoms with E-state index in [9.17, 15) is 0 Å². The molecule has 19 heavy (non-hydrogen) atoms. The number of halogens is 2. The van der Waals surface area contributed by atoms with Crippen molar-refractivity contribution >= 4 is 23.2 Å². The molecule has 1 N–H and O–H groups in total. The summed E-state index contributed by atoms with van der Waals surface area (Å²) < 4.78 is 5.56. The molecule has 0 amide bonds. The molecule has 1 rings (SSSR count). The number of hydrogen-bond donors (Lipinski definition) is 1. The molecule has 0 saturated carbocycles. The van der Waals surface area contributed by atoms with Crippen LogP contribution >= 0.6 is 23.2 Å². The summed E-state index contributed by atoms with van der Waals surface area (Å²) in [6, 6.07) is 5.94. The Morgan fingerprint density at radius 2 is 2.00 bits per heavy atom. The monoisotopic (exact) mass is 303 g/mol. The van der Waals surface area contributed by atoms with E-state index in [-0.39, 0.29) is 12.1 Å². The van der Waals surface area contributed by atoms with Crippen LogP contribution in [0.3, 0.4) is 0 Å². The Labute approximate surface area is 126 Å². The van der Waals surface area contributed by atoms with E-state index in [0.717, 1.165) is 36.4 Å². The van der Waals surface area contributed by atoms with Crippen LogP contribution in [-0.4, -0.2) is 25.8 Å². The van der Waals surface area contributed by atoms with Crippen molar-refractivity contribution in [2.75, 3.05) is 13.7 Å². The molecule has 0 aromatic heterocycles. The fourth-order valence-electron chi connectivity index (χ4n) is 2.20. The van der Waals surface area contributed by atoms with Crippen LogP contribution in [0.5, 0.6) is 0 Å². The van der Waals surface area contributed by atoms with Gasteiger partial charge >= 0.3 is 0 Å². The zero-order valence-electron chi connectivity index (χ0n) is 11.9. The normalized spacial score (nSPS) is 14.4. The van der Waals surface area contributed by atoms with Crippen LogP contribution in [0.25, 0.3) is 0 Å². The number of methoxy groups -OCH3 is 1. The van der Waals surface area contributed by atoms with Gasteiger partial charge in [0.15, 0.2) is 0 Å². The first-order chi connectivity index (χ1) is 9.12. The van der Waals surface area contributed by atoms with Crippen LogP contribution in [-0.2, 0) is 11.2 Å². The maximum Gasteiger partial charge on any atom is 0.0724 e. The van der Waals surface area contributed by atoms with Crippen molar-refractivity contribution in [2.24, 2.45) is 0 Å². The van der Waals surface area contributed by atoms with Crippen molar-refractivity contribution in [3.05, 3.63) is 33.8 Å². The fraction of sp³-hybridized carbons (Fsp3) is 0.600. The lowest BCUT2D eigenvalue weighted by Gasteiger charge is -2.26. The minimum Gasteiger partial charge on any atom is -0.380 e. The summed E-state index contributed by atoms with van der Waals surface area (Å²) in [7, 11) is 1.76. The molecule has 0 fully saturated rings. The Bertz CT molecular complexity index is 380. The first kappa shape index (κ1) is 16.8. The second kappa shape index (κ2) is 8.80. The third-order valence-corrected chi connectivity index (χ3v) is 3.85. The topological polar surface area (TPSA) is 21.3 Å². The molecular formula is C15H23Cl2NO. The minimum absolute atomic E-state index is 0.193. The molecule has 2 atom stereocenters. The summed E-state index contributed by atoms with van der Waals surface area (Å²) in [5, 5.41) is 4.94. The van der Waals surface area contributed by atoms with E-state index in [4.69, 9.17) is 27.9 Å². The van der Waals surface area contributed by atoms with Gasteiger partial charge in [0, 0.05) is 23.2 Å². The van der Waals surface area contributed by atoms with Gasteiger partial charge in [-0.25, -0.2) is 0 Å². The van der Waals surface area contributed by atoms with Crippen molar-refractivity contribution in [3.63, 3.8) is 0 Å². The Hall–Kier alpha value is -0.280. The molecule has 0 aliphatic carbocycles. The lowest BCUT2D eigenvalue weighted by Crippen LogP contribution is -2.42. The summed E-state index contributed by atoms with van der Waals surface area (Å²) in [5.41, 5.74) is 1.11. The number of hydrogen-bond acceptors (Lipinski definition) is 2. The third-order valence-electron chi connectivity index (χ3n) is 3.27. The second-order valence-corrected chi connectivity index (χ2v) is 5.53. The van der Waals surface area contributed by atoms with Crippen LogP contribution in [0.15, 0.2) is 18.2 Å². The van der Waals surface area contributed by atoms with Gasteiger partial charge in [0.2, 0.25) is 0 Å². The fourth-order valence-corrected chi connectivity index (χ4v) is 2.69. The molecule has 1 aromatic carbocycles. The van der Waals surface area contributed by atoms with Crippen LogP contribution in [0, 0.1) is 0 Å². The van der Waals surface area contributed by atoms with Crippen LogP contribution in [0.2, 0.25) is 10.0 Å². The van der Waals surface area contributed by atoms with Crippen LogP contribution < -0.4 is 5.32 Å². The average Bonchev–Trinajstić information content (AvgIpc) is 2.39. The number of rotatable bonds is 8. The quantitative estimate of drug-likeness (QED) is 0.772. The van der Waals surface area contributed by atoms with Gasteiger partial charge in [0.25, 0.3) is 0 Å². The number of ether oxygens (including phenoxy) is 1. The maximum absolute atomic E-state index is 6.25. The van der Waals surface area contributed by atoms with E-state index in [2.05, 4.69) is 19.2 Å². The summed E-state index contributed by atoms with van der Waals surface area (Å²) >= 11 is 12.2. The van der Waals surface area contributed by atoms with Gasteiger partial charge in [-0.05, 0) is 43.5 Å². The van der Waals surface area contributed by atoms with Gasteiger partial charge in [0.1, 0.15) is 0 Å². The Morgan fingerprint density at radius 1 is 1.26 bits per heavy atom. The Morgan fingerprint density at radius 3 is 2.53 bits per heavy atom. The van der Waals surface area contributed by atoms with Crippen LogP contribution in [0.4, 0.5) is 0 Å². The van der Waals surface area contributed by atoms with Crippen molar-refractivity contribution in [3.8, 4) is 0 Å². The van der Waals surface area contributed by atoms with Crippen molar-refractivity contribution in [1.29, 1.82) is 0 Å². The van der Waals surface area contributed by atoms with Gasteiger partial charge in [0.05, 0.1) is 6.10 Å². The molecule has 4 heteroatoms. The van der Waals surface area contributed by atoms with Gasteiger partial charge in [-0.15, -0.1) is 0 Å². The molecule has 1 aromatic rings. The Kier molecular flexibility index (Phi) is 7.77. The van der Waals surface area contributed by atoms with E-state index in [0.29, 0.717) is 5.02 Å². The summed E-state index contributed by atoms with van der Waals surface area (Å²) in [6.45, 7) is 5.28. The van der Waals surface area contributed by atoms with E-state index in [1.165, 1.54) is 0 Å². The molecule has 2 nitrogen and oxygen atoms in total. The predicted octanol–water partition coefficient (Wildman–Crippen LogP) is 4.33. The average molecular weight is 304 g/mol. The molecule has 108 valence electrons. The van der Waals surface area contributed by atoms with E-state index in [1.54, 1.807) is 13.2 Å². The van der Waals surface area contributed by atoms with Crippen LogP contribution in [0.1, 0.15) is 32.3 Å². The first-order valence-electron chi connectivity index (χ1n) is 6.82. The summed E-state index contributed by atoms with van der Waals surface area (Å²) in [5.74, 6) is 0. The van der Waals surface area contributed by atoms with Gasteiger partial charge < -0.3 is 10.1 Å². The molecule has 0 saturated heterocycles. The van der Waals surface area contributed by atoms with Gasteiger partial charge in [-0.1, -0.05) is 43.1 Å². The van der Waals surface area contributed by atoms with Crippen molar-refractivity contribution in [2.45, 2.75) is 45.3 Å². The summed E-state index contributed by atoms with van der Waals surface area (Å²) in [6.07, 6.45) is 3.12. The lowest BCUT2D eigenvalue weighted by atomic mass is 9.99. The molecular weight excluding hydrogens is 281 g/mol. The minimum atomic E-state index is 0.193. The second-order valence-electron chi connectivity index (χ2n) is 4.68. The zero-order valence-corrected chi connectivity index (χ0v) is 13.4. The van der Waals surface area contributed by atoms with E-state index < -0.39 is 0 Å². The number of benzene rings is 1.